The number of carbonyl (C=O) groups is 3. The second-order valence-corrected chi connectivity index (χ2v) is 8.14. The summed E-state index contributed by atoms with van der Waals surface area (Å²) in [5, 5.41) is 10.1. The van der Waals surface area contributed by atoms with E-state index in [0.717, 1.165) is 22.3 Å². The fourth-order valence-corrected chi connectivity index (χ4v) is 3.69. The van der Waals surface area contributed by atoms with Crippen molar-refractivity contribution in [3.05, 3.63) is 70.1 Å². The molecule has 1 fully saturated rings. The van der Waals surface area contributed by atoms with Gasteiger partial charge in [-0.15, -0.1) is 0 Å². The smallest absolute Gasteiger partial charge is 0.344 e. The highest BCUT2D eigenvalue weighted by atomic mass is 32.2. The molecule has 1 unspecified atom stereocenters. The summed E-state index contributed by atoms with van der Waals surface area (Å²) in [6.07, 6.45) is 0.504. The Morgan fingerprint density at radius 2 is 1.87 bits per heavy atom. The van der Waals surface area contributed by atoms with Gasteiger partial charge in [-0.3, -0.25) is 15.0 Å². The lowest BCUT2D eigenvalue weighted by Crippen LogP contribution is -2.44. The Morgan fingerprint density at radius 3 is 2.53 bits per heavy atom. The lowest BCUT2D eigenvalue weighted by atomic mass is 10.1. The van der Waals surface area contributed by atoms with Gasteiger partial charge in [-0.2, -0.15) is 5.01 Å². The Labute approximate surface area is 182 Å². The molecule has 0 saturated carbocycles. The number of thioether (sulfide) groups is 1. The molecule has 0 radical (unpaired) electrons. The molecule has 2 amide bonds. The van der Waals surface area contributed by atoms with Gasteiger partial charge in [0.2, 0.25) is 0 Å². The topological polar surface area (TPSA) is 95.9 Å². The lowest BCUT2D eigenvalue weighted by Gasteiger charge is -2.15. The van der Waals surface area contributed by atoms with Crippen molar-refractivity contribution in [2.75, 3.05) is 0 Å². The van der Waals surface area contributed by atoms with Gasteiger partial charge in [0, 0.05) is 11.1 Å². The van der Waals surface area contributed by atoms with Gasteiger partial charge in [0.1, 0.15) is 5.75 Å². The zero-order chi connectivity index (χ0) is 21.8. The molecule has 3 rings (SSSR count). The molecule has 0 bridgehead atoms. The van der Waals surface area contributed by atoms with Crippen LogP contribution in [-0.4, -0.2) is 38.3 Å². The summed E-state index contributed by atoms with van der Waals surface area (Å²) in [7, 11) is 0. The summed E-state index contributed by atoms with van der Waals surface area (Å²) in [5.41, 5.74) is 4.46. The molecular weight excluding hydrogens is 424 g/mol. The molecule has 1 atom stereocenters. The first-order valence-corrected chi connectivity index (χ1v) is 10.1. The molecule has 2 N–H and O–H groups in total. The number of hydrazine groups is 1. The molecule has 9 heteroatoms. The molecule has 7 nitrogen and oxygen atoms in total. The van der Waals surface area contributed by atoms with Crippen LogP contribution in [0.3, 0.4) is 0 Å². The van der Waals surface area contributed by atoms with Crippen LogP contribution in [0.25, 0.3) is 6.08 Å². The van der Waals surface area contributed by atoms with Gasteiger partial charge < -0.3 is 9.84 Å². The van der Waals surface area contributed by atoms with Gasteiger partial charge in [-0.1, -0.05) is 47.7 Å². The maximum Gasteiger partial charge on any atom is 0.344 e. The highest BCUT2D eigenvalue weighted by molar-refractivity contribution is 8.26. The maximum atomic E-state index is 12.8. The number of nitrogens with zero attached hydrogens (tertiary/aromatic N) is 1. The molecule has 2 aromatic rings. The van der Waals surface area contributed by atoms with E-state index in [1.807, 2.05) is 6.92 Å². The van der Waals surface area contributed by atoms with Crippen molar-refractivity contribution in [2.45, 2.75) is 20.0 Å². The number of amides is 2. The van der Waals surface area contributed by atoms with Crippen molar-refractivity contribution in [2.24, 2.45) is 0 Å². The lowest BCUT2D eigenvalue weighted by molar-refractivity contribution is -0.144. The molecule has 1 aliphatic heterocycles. The van der Waals surface area contributed by atoms with Gasteiger partial charge in [0.25, 0.3) is 11.8 Å². The fraction of sp³-hybridized carbons (Fsp3) is 0.143. The van der Waals surface area contributed by atoms with Crippen LogP contribution in [0.5, 0.6) is 5.75 Å². The molecule has 154 valence electrons. The molecule has 1 aliphatic rings. The van der Waals surface area contributed by atoms with E-state index >= 15 is 0 Å². The number of aliphatic carboxylic acids is 1. The minimum absolute atomic E-state index is 0.184. The highest BCUT2D eigenvalue weighted by Crippen LogP contribution is 2.33. The average molecular weight is 443 g/mol. The summed E-state index contributed by atoms with van der Waals surface area (Å²) < 4.78 is 5.64. The summed E-state index contributed by atoms with van der Waals surface area (Å²) >= 11 is 6.27. The third-order valence-corrected chi connectivity index (χ3v) is 5.48. The summed E-state index contributed by atoms with van der Waals surface area (Å²) in [4.78, 5) is 36.6. The Bertz CT molecular complexity index is 1050. The molecule has 1 saturated heterocycles. The van der Waals surface area contributed by atoms with Gasteiger partial charge in [-0.25, -0.2) is 4.79 Å². The number of thiocarbonyl (C=S) groups is 1. The number of nitrogens with one attached hydrogen (secondary N) is 1. The van der Waals surface area contributed by atoms with Crippen LogP contribution in [-0.2, 0) is 9.59 Å². The Kier molecular flexibility index (Phi) is 6.53. The van der Waals surface area contributed by atoms with Crippen molar-refractivity contribution in [3.8, 4) is 5.75 Å². The molecule has 0 spiro atoms. The van der Waals surface area contributed by atoms with Crippen LogP contribution in [0.4, 0.5) is 0 Å². The van der Waals surface area contributed by atoms with Gasteiger partial charge in [0.15, 0.2) is 10.4 Å². The number of benzene rings is 2. The van der Waals surface area contributed by atoms with Crippen LogP contribution >= 0.6 is 24.0 Å². The van der Waals surface area contributed by atoms with E-state index in [1.165, 1.54) is 6.92 Å². The number of carbonyl (C=O) groups excluding carboxylic acids is 2. The highest BCUT2D eigenvalue weighted by Gasteiger charge is 2.34. The standard InChI is InChI=1S/C21H18N2O5S2/c1-12-7-9-14(10-8-12)18(24)22-23-19(25)17(30-21(23)29)11-15-5-3-4-6-16(15)28-13(2)20(26)27/h3-11,13H,1-2H3,(H,22,24)(H,26,27)/b17-11+. The minimum Gasteiger partial charge on any atom is -0.479 e. The first kappa shape index (κ1) is 21.5. The average Bonchev–Trinajstić information content (AvgIpc) is 2.97. The van der Waals surface area contributed by atoms with E-state index < -0.39 is 23.9 Å². The molecule has 2 aromatic carbocycles. The molecule has 0 aliphatic carbocycles. The molecular formula is C21H18N2O5S2. The third-order valence-electron chi connectivity index (χ3n) is 4.18. The van der Waals surface area contributed by atoms with E-state index in [9.17, 15) is 14.4 Å². The van der Waals surface area contributed by atoms with Gasteiger partial charge in [0.05, 0.1) is 4.91 Å². The van der Waals surface area contributed by atoms with Crippen molar-refractivity contribution >= 4 is 52.2 Å². The largest absolute Gasteiger partial charge is 0.479 e. The van der Waals surface area contributed by atoms with E-state index in [1.54, 1.807) is 54.6 Å². The number of para-hydroxylation sites is 1. The van der Waals surface area contributed by atoms with Crippen molar-refractivity contribution < 1.29 is 24.2 Å². The van der Waals surface area contributed by atoms with E-state index in [4.69, 9.17) is 22.1 Å². The number of ether oxygens (including phenoxy) is 1. The second kappa shape index (κ2) is 9.10. The Morgan fingerprint density at radius 1 is 1.20 bits per heavy atom. The third kappa shape index (κ3) is 4.87. The molecule has 30 heavy (non-hydrogen) atoms. The molecule has 0 aromatic heterocycles. The first-order valence-electron chi connectivity index (χ1n) is 8.90. The monoisotopic (exact) mass is 442 g/mol. The Balaban J connectivity index is 1.79. The predicted molar refractivity (Wildman–Crippen MR) is 118 cm³/mol. The van der Waals surface area contributed by atoms with Gasteiger partial charge >= 0.3 is 5.97 Å². The van der Waals surface area contributed by atoms with Crippen LogP contribution in [0, 0.1) is 6.92 Å². The van der Waals surface area contributed by atoms with Crippen LogP contribution in [0.15, 0.2) is 53.4 Å². The molecule has 1 heterocycles. The minimum atomic E-state index is -1.10. The van der Waals surface area contributed by atoms with Crippen molar-refractivity contribution in [1.82, 2.24) is 10.4 Å². The van der Waals surface area contributed by atoms with Gasteiger partial charge in [-0.05, 0) is 50.3 Å². The van der Waals surface area contributed by atoms with Crippen LogP contribution in [0.2, 0.25) is 0 Å². The maximum absolute atomic E-state index is 12.8. The number of hydrogen-bond donors (Lipinski definition) is 2. The number of carboxylic acid groups (broad SMARTS) is 1. The number of carboxylic acids is 1. The SMILES string of the molecule is Cc1ccc(C(=O)NN2C(=O)/C(=C\c3ccccc3OC(C)C(=O)O)SC2=S)cc1. The normalized spacial score (nSPS) is 15.9. The van der Waals surface area contributed by atoms with Crippen molar-refractivity contribution in [3.63, 3.8) is 0 Å². The van der Waals surface area contributed by atoms with E-state index in [2.05, 4.69) is 5.43 Å². The first-order chi connectivity index (χ1) is 14.3. The van der Waals surface area contributed by atoms with Crippen LogP contribution in [0.1, 0.15) is 28.4 Å². The fourth-order valence-electron chi connectivity index (χ4n) is 2.52. The second-order valence-electron chi connectivity index (χ2n) is 6.46. The summed E-state index contributed by atoms with van der Waals surface area (Å²) in [6, 6.07) is 13.7. The summed E-state index contributed by atoms with van der Waals surface area (Å²) in [5.74, 6) is -1.71. The number of hydrogen-bond acceptors (Lipinski definition) is 6. The number of rotatable bonds is 6. The zero-order valence-corrected chi connectivity index (χ0v) is 17.8. The van der Waals surface area contributed by atoms with E-state index in [-0.39, 0.29) is 9.23 Å². The van der Waals surface area contributed by atoms with Crippen molar-refractivity contribution in [1.29, 1.82) is 0 Å². The van der Waals surface area contributed by atoms with E-state index in [0.29, 0.717) is 16.9 Å². The summed E-state index contributed by atoms with van der Waals surface area (Å²) in [6.45, 7) is 3.33. The Hall–Kier alpha value is -3.17. The predicted octanol–water partition coefficient (Wildman–Crippen LogP) is 3.39. The quantitative estimate of drug-likeness (QED) is 0.523. The zero-order valence-electron chi connectivity index (χ0n) is 16.1. The van der Waals surface area contributed by atoms with Crippen LogP contribution < -0.4 is 10.2 Å². The number of aryl methyl sites for hydroxylation is 1.